The molecule has 1 aromatic carbocycles. The van der Waals surface area contributed by atoms with Crippen molar-refractivity contribution in [1.29, 1.82) is 0 Å². The van der Waals surface area contributed by atoms with Gasteiger partial charge in [-0.25, -0.2) is 0 Å². The van der Waals surface area contributed by atoms with Gasteiger partial charge in [0.25, 0.3) is 0 Å². The molecular formula is C17H24O3. The molecule has 1 heterocycles. The quantitative estimate of drug-likeness (QED) is 0.672. The highest BCUT2D eigenvalue weighted by molar-refractivity contribution is 5.76. The number of hydrogen-bond acceptors (Lipinski definition) is 3. The minimum absolute atomic E-state index is 0.0486. The monoisotopic (exact) mass is 276 g/mol. The summed E-state index contributed by atoms with van der Waals surface area (Å²) in [6.07, 6.45) is 0.428. The summed E-state index contributed by atoms with van der Waals surface area (Å²) in [6, 6.07) is 5.86. The first kappa shape index (κ1) is 15.0. The lowest BCUT2D eigenvalue weighted by Gasteiger charge is -2.26. The van der Waals surface area contributed by atoms with Crippen LogP contribution in [0.2, 0.25) is 0 Å². The smallest absolute Gasteiger partial charge is 0.314 e. The van der Waals surface area contributed by atoms with Crippen LogP contribution in [-0.2, 0) is 4.79 Å². The number of fused-ring (bicyclic) bond motifs is 1. The van der Waals surface area contributed by atoms with Crippen LogP contribution in [0.3, 0.4) is 0 Å². The molecule has 1 aromatic rings. The Morgan fingerprint density at radius 1 is 1.30 bits per heavy atom. The van der Waals surface area contributed by atoms with Crippen LogP contribution in [0.5, 0.6) is 5.75 Å². The van der Waals surface area contributed by atoms with E-state index >= 15 is 0 Å². The number of benzene rings is 1. The number of hydrogen-bond donors (Lipinski definition) is 1. The molecule has 1 N–H and O–H groups in total. The fraction of sp³-hybridized carbons (Fsp3) is 0.588. The molecule has 0 radical (unpaired) electrons. The Morgan fingerprint density at radius 3 is 2.60 bits per heavy atom. The number of carbonyl (C=O) groups is 1. The number of aliphatic hydroxyl groups excluding tert-OH is 1. The molecule has 2 rings (SSSR count). The van der Waals surface area contributed by atoms with Gasteiger partial charge >= 0.3 is 5.97 Å². The lowest BCUT2D eigenvalue weighted by atomic mass is 9.81. The normalized spacial score (nSPS) is 19.9. The van der Waals surface area contributed by atoms with Gasteiger partial charge in [-0.2, -0.15) is 0 Å². The van der Waals surface area contributed by atoms with Gasteiger partial charge in [-0.3, -0.25) is 4.79 Å². The summed E-state index contributed by atoms with van der Waals surface area (Å²) < 4.78 is 5.18. The van der Waals surface area contributed by atoms with Crippen molar-refractivity contribution in [3.8, 4) is 5.75 Å². The Balaban J connectivity index is 2.33. The highest BCUT2D eigenvalue weighted by Gasteiger charge is 2.27. The number of rotatable bonds is 4. The van der Waals surface area contributed by atoms with Gasteiger partial charge in [0, 0.05) is 5.56 Å². The number of esters is 1. The first-order chi connectivity index (χ1) is 9.38. The summed E-state index contributed by atoms with van der Waals surface area (Å²) in [6.45, 7) is 8.90. The van der Waals surface area contributed by atoms with Gasteiger partial charge in [0.1, 0.15) is 5.75 Å². The third-order valence-corrected chi connectivity index (χ3v) is 3.93. The van der Waals surface area contributed by atoms with Gasteiger partial charge in [0.2, 0.25) is 0 Å². The maximum Gasteiger partial charge on any atom is 0.314 e. The minimum Gasteiger partial charge on any atom is -0.426 e. The molecule has 20 heavy (non-hydrogen) atoms. The lowest BCUT2D eigenvalue weighted by molar-refractivity contribution is -0.138. The van der Waals surface area contributed by atoms with Crippen LogP contribution in [0.15, 0.2) is 18.2 Å². The Bertz CT molecular complexity index is 491. The van der Waals surface area contributed by atoms with Crippen LogP contribution in [0.25, 0.3) is 0 Å². The number of ether oxygens (including phenoxy) is 1. The van der Waals surface area contributed by atoms with Gasteiger partial charge in [-0.05, 0) is 41.9 Å². The van der Waals surface area contributed by atoms with Crippen molar-refractivity contribution in [2.24, 2.45) is 11.8 Å². The highest BCUT2D eigenvalue weighted by Crippen LogP contribution is 2.38. The zero-order valence-electron chi connectivity index (χ0n) is 12.7. The van der Waals surface area contributed by atoms with E-state index in [2.05, 4.69) is 27.7 Å². The molecule has 0 aliphatic carbocycles. The van der Waals surface area contributed by atoms with Crippen LogP contribution in [0.1, 0.15) is 63.7 Å². The van der Waals surface area contributed by atoms with Crippen LogP contribution >= 0.6 is 0 Å². The van der Waals surface area contributed by atoms with Crippen LogP contribution in [0, 0.1) is 11.8 Å². The fourth-order valence-corrected chi connectivity index (χ4v) is 2.88. The first-order valence-corrected chi connectivity index (χ1v) is 7.41. The molecule has 0 saturated heterocycles. The molecule has 110 valence electrons. The van der Waals surface area contributed by atoms with E-state index in [9.17, 15) is 9.90 Å². The van der Waals surface area contributed by atoms with E-state index in [1.54, 1.807) is 0 Å². The Hall–Kier alpha value is -1.35. The Morgan fingerprint density at radius 2 is 2.00 bits per heavy atom. The van der Waals surface area contributed by atoms with Gasteiger partial charge in [-0.1, -0.05) is 33.8 Å². The van der Waals surface area contributed by atoms with E-state index in [-0.39, 0.29) is 12.4 Å². The molecule has 0 saturated carbocycles. The molecule has 2 atom stereocenters. The summed E-state index contributed by atoms with van der Waals surface area (Å²) in [5.74, 6) is 1.77. The van der Waals surface area contributed by atoms with Crippen molar-refractivity contribution in [3.63, 3.8) is 0 Å². The van der Waals surface area contributed by atoms with Crippen molar-refractivity contribution in [2.75, 3.05) is 0 Å². The van der Waals surface area contributed by atoms with Crippen molar-refractivity contribution in [2.45, 2.75) is 52.6 Å². The highest BCUT2D eigenvalue weighted by atomic mass is 16.5. The summed E-state index contributed by atoms with van der Waals surface area (Å²) in [5.41, 5.74) is 1.97. The second-order valence-corrected chi connectivity index (χ2v) is 6.47. The second-order valence-electron chi connectivity index (χ2n) is 6.47. The van der Waals surface area contributed by atoms with E-state index in [0.717, 1.165) is 12.0 Å². The van der Waals surface area contributed by atoms with E-state index in [4.69, 9.17) is 4.74 Å². The van der Waals surface area contributed by atoms with Crippen molar-refractivity contribution >= 4 is 5.97 Å². The fourth-order valence-electron chi connectivity index (χ4n) is 2.88. The summed E-state index contributed by atoms with van der Waals surface area (Å²) in [5, 5.41) is 10.1. The molecule has 0 aromatic heterocycles. The predicted molar refractivity (Wildman–Crippen MR) is 78.7 cm³/mol. The standard InChI is InChI=1S/C17H24O3/c1-10(2)7-13(11(3)4)12-5-6-16-14(8-12)15(18)9-17(19)20-16/h5-6,8,10-11,13,15,18H,7,9H2,1-4H3. The van der Waals surface area contributed by atoms with Gasteiger partial charge < -0.3 is 9.84 Å². The minimum atomic E-state index is -0.738. The van der Waals surface area contributed by atoms with Crippen LogP contribution < -0.4 is 4.74 Å². The van der Waals surface area contributed by atoms with E-state index in [0.29, 0.717) is 23.5 Å². The number of carbonyl (C=O) groups excluding carboxylic acids is 1. The largest absolute Gasteiger partial charge is 0.426 e. The Labute approximate surface area is 121 Å². The molecule has 1 aliphatic rings. The zero-order chi connectivity index (χ0) is 14.9. The summed E-state index contributed by atoms with van der Waals surface area (Å²) in [4.78, 5) is 11.3. The number of aliphatic hydroxyl groups is 1. The molecule has 3 nitrogen and oxygen atoms in total. The van der Waals surface area contributed by atoms with Crippen LogP contribution in [-0.4, -0.2) is 11.1 Å². The molecule has 0 spiro atoms. The molecule has 1 aliphatic heterocycles. The van der Waals surface area contributed by atoms with Gasteiger partial charge in [-0.15, -0.1) is 0 Å². The first-order valence-electron chi connectivity index (χ1n) is 7.41. The molecule has 0 bridgehead atoms. The van der Waals surface area contributed by atoms with Crippen molar-refractivity contribution in [1.82, 2.24) is 0 Å². The van der Waals surface area contributed by atoms with Crippen LogP contribution in [0.4, 0.5) is 0 Å². The van der Waals surface area contributed by atoms with Gasteiger partial charge in [0.15, 0.2) is 0 Å². The third-order valence-electron chi connectivity index (χ3n) is 3.93. The zero-order valence-corrected chi connectivity index (χ0v) is 12.7. The summed E-state index contributed by atoms with van der Waals surface area (Å²) >= 11 is 0. The topological polar surface area (TPSA) is 46.5 Å². The van der Waals surface area contributed by atoms with Gasteiger partial charge in [0.05, 0.1) is 12.5 Å². The molecule has 3 heteroatoms. The van der Waals surface area contributed by atoms with E-state index in [1.807, 2.05) is 18.2 Å². The molecule has 2 unspecified atom stereocenters. The SMILES string of the molecule is CC(C)CC(c1ccc2c(c1)C(O)CC(=O)O2)C(C)C. The molecule has 0 fully saturated rings. The lowest BCUT2D eigenvalue weighted by Crippen LogP contribution is -2.20. The molecule has 0 amide bonds. The van der Waals surface area contributed by atoms with Crippen molar-refractivity contribution in [3.05, 3.63) is 29.3 Å². The average Bonchev–Trinajstić information content (AvgIpc) is 2.35. The predicted octanol–water partition coefficient (Wildman–Crippen LogP) is 3.81. The Kier molecular flexibility index (Phi) is 4.48. The molecular weight excluding hydrogens is 252 g/mol. The summed E-state index contributed by atoms with van der Waals surface area (Å²) in [7, 11) is 0. The maximum atomic E-state index is 11.3. The van der Waals surface area contributed by atoms with E-state index < -0.39 is 6.10 Å². The third kappa shape index (κ3) is 3.21. The average molecular weight is 276 g/mol. The van der Waals surface area contributed by atoms with Crippen molar-refractivity contribution < 1.29 is 14.6 Å². The second kappa shape index (κ2) is 5.96. The van der Waals surface area contributed by atoms with E-state index in [1.165, 1.54) is 5.56 Å². The maximum absolute atomic E-state index is 11.3.